The number of halogens is 6. The summed E-state index contributed by atoms with van der Waals surface area (Å²) in [6, 6.07) is 6.72. The van der Waals surface area contributed by atoms with Crippen molar-refractivity contribution in [3.8, 4) is 5.88 Å². The number of aromatic nitrogens is 3. The number of carbonyl (C=O) groups is 3. The lowest BCUT2D eigenvalue weighted by Crippen LogP contribution is -2.50. The van der Waals surface area contributed by atoms with Crippen LogP contribution in [0, 0.1) is 5.92 Å². The van der Waals surface area contributed by atoms with E-state index < -0.39 is 96.3 Å². The quantitative estimate of drug-likeness (QED) is 0.0818. The molecule has 0 unspecified atom stereocenters. The summed E-state index contributed by atoms with van der Waals surface area (Å²) in [6.45, 7) is 11.7. The maximum atomic E-state index is 17.4. The normalized spacial score (nSPS) is 21.6. The van der Waals surface area contributed by atoms with Gasteiger partial charge in [-0.15, -0.1) is 0 Å². The average Bonchev–Trinajstić information content (AvgIpc) is 3.75. The highest BCUT2D eigenvalue weighted by Gasteiger charge is 2.49. The van der Waals surface area contributed by atoms with E-state index in [1.165, 1.54) is 22.1 Å². The minimum atomic E-state index is -4.08. The van der Waals surface area contributed by atoms with Crippen LogP contribution in [0.1, 0.15) is 98.4 Å². The van der Waals surface area contributed by atoms with E-state index in [-0.39, 0.29) is 71.4 Å². The van der Waals surface area contributed by atoms with Gasteiger partial charge in [-0.25, -0.2) is 33.7 Å². The Bertz CT molecular complexity index is 2300. The lowest BCUT2D eigenvalue weighted by atomic mass is 9.79. The van der Waals surface area contributed by atoms with Crippen LogP contribution in [-0.2, 0) is 30.7 Å². The molecule has 3 aromatic heterocycles. The number of furan rings is 1. The number of piperidine rings is 1. The number of carboxylic acid groups (broad SMARTS) is 1. The van der Waals surface area contributed by atoms with Crippen molar-refractivity contribution in [2.75, 3.05) is 24.5 Å². The molecule has 332 valence electrons. The van der Waals surface area contributed by atoms with Crippen LogP contribution in [0.3, 0.4) is 0 Å². The number of alkyl halides is 5. The molecule has 4 aromatic rings. The highest BCUT2D eigenvalue weighted by molar-refractivity contribution is 6.30. The number of esters is 1. The fourth-order valence-electron chi connectivity index (χ4n) is 7.54. The maximum absolute atomic E-state index is 17.4. The second kappa shape index (κ2) is 16.7. The number of rotatable bonds is 12. The number of carbonyl (C=O) groups excluding carboxylic acids is 2. The van der Waals surface area contributed by atoms with Crippen LogP contribution in [0.15, 0.2) is 40.9 Å². The van der Waals surface area contributed by atoms with Gasteiger partial charge in [0.2, 0.25) is 11.7 Å². The van der Waals surface area contributed by atoms with Gasteiger partial charge >= 0.3 is 29.9 Å². The molecule has 4 atom stereocenters. The van der Waals surface area contributed by atoms with Gasteiger partial charge in [-0.05, 0) is 72.6 Å². The third-order valence-corrected chi connectivity index (χ3v) is 10.7. The summed E-state index contributed by atoms with van der Waals surface area (Å²) in [4.78, 5) is 53.4. The Morgan fingerprint density at radius 2 is 1.66 bits per heavy atom. The summed E-state index contributed by atoms with van der Waals surface area (Å²) in [6.07, 6.45) is -3.63. The molecule has 6 rings (SSSR count). The molecule has 1 amide bonds. The molecule has 1 aromatic carbocycles. The smallest absolute Gasteiger partial charge is 0.410 e. The molecule has 2 fully saturated rings. The van der Waals surface area contributed by atoms with Gasteiger partial charge in [0, 0.05) is 56.3 Å². The standard InChI is InChI=1S/C42H49ClF5N5O8/c1-23-21-52(37(57)61-39(5,6)7)17-16-40(23,44)27-18-24(43)20-49-33(27)58-25-19-28(34(54)60-38(2,3)4)53(22-25)32-31-30(26-12-8-9-13-29(26)59-31)50-35(51-32)41(45,46)14-10-11-15-42(47,48)36(55)56/h8-9,12-13,18,20,23,25,28H,10-11,14-17,19,21-22H2,1-7H3,(H,55,56)/t23-,25-,28-,40+/m0/s1. The second-order valence-electron chi connectivity index (χ2n) is 17.7. The molecule has 61 heavy (non-hydrogen) atoms. The number of ether oxygens (including phenoxy) is 3. The van der Waals surface area contributed by atoms with Crippen LogP contribution >= 0.6 is 11.6 Å². The first-order valence-corrected chi connectivity index (χ1v) is 20.3. The van der Waals surface area contributed by atoms with Crippen molar-refractivity contribution < 1.29 is 60.1 Å². The molecular weight excluding hydrogens is 833 g/mol. The Morgan fingerprint density at radius 3 is 2.31 bits per heavy atom. The second-order valence-corrected chi connectivity index (χ2v) is 18.1. The highest BCUT2D eigenvalue weighted by atomic mass is 35.5. The summed E-state index contributed by atoms with van der Waals surface area (Å²) in [5.41, 5.74) is -3.55. The first-order chi connectivity index (χ1) is 28.3. The Morgan fingerprint density at radius 1 is 0.984 bits per heavy atom. The monoisotopic (exact) mass is 881 g/mol. The van der Waals surface area contributed by atoms with Crippen molar-refractivity contribution in [1.82, 2.24) is 19.9 Å². The van der Waals surface area contributed by atoms with E-state index in [4.69, 9.17) is 35.3 Å². The molecule has 0 spiro atoms. The van der Waals surface area contributed by atoms with E-state index in [0.717, 1.165) is 0 Å². The van der Waals surface area contributed by atoms with Gasteiger partial charge in [-0.1, -0.05) is 30.7 Å². The van der Waals surface area contributed by atoms with Crippen LogP contribution < -0.4 is 9.64 Å². The molecule has 2 aliphatic heterocycles. The topological polar surface area (TPSA) is 157 Å². The molecule has 0 saturated carbocycles. The predicted molar refractivity (Wildman–Crippen MR) is 214 cm³/mol. The predicted octanol–water partition coefficient (Wildman–Crippen LogP) is 9.61. The first kappa shape index (κ1) is 45.5. The number of likely N-dealkylation sites (tertiary alicyclic amines) is 1. The summed E-state index contributed by atoms with van der Waals surface area (Å²) in [7, 11) is 0. The number of para-hydroxylation sites is 1. The highest BCUT2D eigenvalue weighted by Crippen LogP contribution is 2.47. The first-order valence-electron chi connectivity index (χ1n) is 20.0. The molecule has 0 aliphatic carbocycles. The Kier molecular flexibility index (Phi) is 12.5. The molecule has 0 radical (unpaired) electrons. The minimum Gasteiger partial charge on any atom is -0.477 e. The van der Waals surface area contributed by atoms with Crippen molar-refractivity contribution >= 4 is 57.5 Å². The number of hydrogen-bond acceptors (Lipinski definition) is 11. The SMILES string of the molecule is C[C@H]1CN(C(=O)OC(C)(C)C)CC[C@]1(F)c1cc(Cl)cnc1O[C@H]1C[C@@H](C(=O)OC(C)(C)C)N(c2nc(C(F)(F)CCCCC(F)(F)C(=O)O)nc3c2oc2ccccc23)C1. The lowest BCUT2D eigenvalue weighted by molar-refractivity contribution is -0.166. The zero-order chi connectivity index (χ0) is 44.9. The third-order valence-electron chi connectivity index (χ3n) is 10.5. The largest absolute Gasteiger partial charge is 0.477 e. The summed E-state index contributed by atoms with van der Waals surface area (Å²) in [5, 5.41) is 9.23. The molecule has 1 N–H and O–H groups in total. The van der Waals surface area contributed by atoms with Gasteiger partial charge in [0.1, 0.15) is 40.1 Å². The van der Waals surface area contributed by atoms with Gasteiger partial charge in [-0.2, -0.15) is 17.6 Å². The molecule has 0 bridgehead atoms. The van der Waals surface area contributed by atoms with Crippen molar-refractivity contribution in [2.45, 2.75) is 128 Å². The number of aliphatic carboxylic acids is 1. The van der Waals surface area contributed by atoms with Gasteiger partial charge in [0.15, 0.2) is 11.4 Å². The Balaban J connectivity index is 1.35. The molecule has 5 heterocycles. The van der Waals surface area contributed by atoms with Gasteiger partial charge < -0.3 is 33.5 Å². The van der Waals surface area contributed by atoms with Crippen molar-refractivity contribution in [1.29, 1.82) is 0 Å². The number of benzene rings is 1. The van der Waals surface area contributed by atoms with Gasteiger partial charge in [0.25, 0.3) is 0 Å². The van der Waals surface area contributed by atoms with Gasteiger partial charge in [-0.3, -0.25) is 0 Å². The molecule has 13 nitrogen and oxygen atoms in total. The van der Waals surface area contributed by atoms with Crippen molar-refractivity contribution in [3.63, 3.8) is 0 Å². The van der Waals surface area contributed by atoms with Crippen LogP contribution in [0.4, 0.5) is 32.6 Å². The lowest BCUT2D eigenvalue weighted by Gasteiger charge is -2.42. The van der Waals surface area contributed by atoms with E-state index >= 15 is 13.2 Å². The zero-order valence-electron chi connectivity index (χ0n) is 34.9. The average molecular weight is 882 g/mol. The van der Waals surface area contributed by atoms with Crippen LogP contribution in [0.2, 0.25) is 5.02 Å². The number of anilines is 1. The van der Waals surface area contributed by atoms with Crippen LogP contribution in [-0.4, -0.2) is 91.9 Å². The Labute approximate surface area is 353 Å². The van der Waals surface area contributed by atoms with E-state index in [0.29, 0.717) is 5.39 Å². The Hall–Kier alpha value is -5.00. The fourth-order valence-corrected chi connectivity index (χ4v) is 7.69. The number of unbranched alkanes of at least 4 members (excludes halogenated alkanes) is 1. The zero-order valence-corrected chi connectivity index (χ0v) is 35.6. The number of pyridine rings is 1. The number of fused-ring (bicyclic) bond motifs is 3. The third kappa shape index (κ3) is 10.0. The number of amides is 1. The van der Waals surface area contributed by atoms with Crippen molar-refractivity contribution in [2.24, 2.45) is 5.92 Å². The maximum Gasteiger partial charge on any atom is 0.410 e. The summed E-state index contributed by atoms with van der Waals surface area (Å²) in [5.74, 6) is -13.1. The number of hydrogen-bond donors (Lipinski definition) is 1. The molecular formula is C42H49ClF5N5O8. The molecule has 2 aliphatic rings. The van der Waals surface area contributed by atoms with E-state index in [1.54, 1.807) is 72.7 Å². The fraction of sp³-hybridized carbons (Fsp3) is 0.571. The minimum absolute atomic E-state index is 0.00673. The number of nitrogens with zero attached hydrogens (tertiary/aromatic N) is 5. The van der Waals surface area contributed by atoms with Gasteiger partial charge in [0.05, 0.1) is 17.1 Å². The molecule has 19 heteroatoms. The van der Waals surface area contributed by atoms with Crippen LogP contribution in [0.25, 0.3) is 22.1 Å². The number of carboxylic acids is 1. The van der Waals surface area contributed by atoms with Crippen molar-refractivity contribution in [3.05, 3.63) is 52.9 Å². The summed E-state index contributed by atoms with van der Waals surface area (Å²) < 4.78 is 101. The summed E-state index contributed by atoms with van der Waals surface area (Å²) >= 11 is 6.38. The van der Waals surface area contributed by atoms with E-state index in [1.807, 2.05) is 0 Å². The van der Waals surface area contributed by atoms with E-state index in [2.05, 4.69) is 15.0 Å². The van der Waals surface area contributed by atoms with E-state index in [9.17, 15) is 23.2 Å². The molecule has 2 saturated heterocycles. The van der Waals surface area contributed by atoms with Crippen LogP contribution in [0.5, 0.6) is 5.88 Å².